The first kappa shape index (κ1) is 17.3. The number of halogens is 2. The molecule has 2 aromatic heterocycles. The Kier molecular flexibility index (Phi) is 4.41. The van der Waals surface area contributed by atoms with E-state index in [4.69, 9.17) is 25.2 Å². The zero-order chi connectivity index (χ0) is 19.0. The molecule has 7 heteroatoms. The van der Waals surface area contributed by atoms with Crippen LogP contribution in [0.3, 0.4) is 0 Å². The van der Waals surface area contributed by atoms with E-state index in [1.54, 1.807) is 31.2 Å². The molecule has 0 saturated heterocycles. The van der Waals surface area contributed by atoms with Crippen LogP contribution in [0, 0.1) is 12.7 Å². The molecule has 2 aromatic carbocycles. The van der Waals surface area contributed by atoms with Gasteiger partial charge in [0, 0.05) is 23.1 Å². The maximum atomic E-state index is 13.3. The first-order valence-electron chi connectivity index (χ1n) is 8.07. The van der Waals surface area contributed by atoms with Crippen molar-refractivity contribution in [3.63, 3.8) is 0 Å². The Morgan fingerprint density at radius 3 is 2.89 bits per heavy atom. The predicted octanol–water partition coefficient (Wildman–Crippen LogP) is 5.13. The van der Waals surface area contributed by atoms with Crippen LogP contribution in [0.1, 0.15) is 11.3 Å². The standard InChI is InChI=1S/C20H13ClFNO4/c1-11-5-19(24)27-17-8-18(16(21)7-15(11)17)25-9-14-10-26-20(23-14)12-3-2-4-13(22)6-12/h2-8,10H,9H2,1H3. The minimum absolute atomic E-state index is 0.0834. The van der Waals surface area contributed by atoms with Gasteiger partial charge in [-0.15, -0.1) is 0 Å². The highest BCUT2D eigenvalue weighted by molar-refractivity contribution is 6.32. The monoisotopic (exact) mass is 385 g/mol. The molecule has 2 heterocycles. The van der Waals surface area contributed by atoms with E-state index in [-0.39, 0.29) is 12.4 Å². The first-order valence-corrected chi connectivity index (χ1v) is 8.44. The third kappa shape index (κ3) is 3.57. The lowest BCUT2D eigenvalue weighted by Gasteiger charge is -2.08. The third-order valence-corrected chi connectivity index (χ3v) is 4.30. The molecule has 0 bridgehead atoms. The Labute approximate surface area is 158 Å². The number of hydrogen-bond acceptors (Lipinski definition) is 5. The summed E-state index contributed by atoms with van der Waals surface area (Å²) in [6.07, 6.45) is 1.43. The second kappa shape index (κ2) is 6.89. The summed E-state index contributed by atoms with van der Waals surface area (Å²) in [6.45, 7) is 1.89. The van der Waals surface area contributed by atoms with Gasteiger partial charge in [-0.3, -0.25) is 0 Å². The molecule has 136 valence electrons. The number of oxazole rings is 1. The molecule has 0 spiro atoms. The minimum atomic E-state index is -0.440. The third-order valence-electron chi connectivity index (χ3n) is 4.00. The molecular formula is C20H13ClFNO4. The molecule has 0 fully saturated rings. The van der Waals surface area contributed by atoms with Gasteiger partial charge in [0.15, 0.2) is 0 Å². The smallest absolute Gasteiger partial charge is 0.336 e. The zero-order valence-electron chi connectivity index (χ0n) is 14.2. The molecular weight excluding hydrogens is 373 g/mol. The second-order valence-corrected chi connectivity index (χ2v) is 6.38. The van der Waals surface area contributed by atoms with Crippen LogP contribution in [0.4, 0.5) is 4.39 Å². The van der Waals surface area contributed by atoms with Crippen LogP contribution in [-0.4, -0.2) is 4.98 Å². The molecule has 27 heavy (non-hydrogen) atoms. The van der Waals surface area contributed by atoms with Crippen LogP contribution in [-0.2, 0) is 6.61 Å². The molecule has 0 aliphatic rings. The molecule has 5 nitrogen and oxygen atoms in total. The molecule has 0 aliphatic heterocycles. The van der Waals surface area contributed by atoms with Crippen molar-refractivity contribution >= 4 is 22.6 Å². The summed E-state index contributed by atoms with van der Waals surface area (Å²) in [4.78, 5) is 15.8. The number of hydrogen-bond donors (Lipinski definition) is 0. The zero-order valence-corrected chi connectivity index (χ0v) is 14.9. The van der Waals surface area contributed by atoms with Crippen LogP contribution in [0.25, 0.3) is 22.4 Å². The number of rotatable bonds is 4. The van der Waals surface area contributed by atoms with Gasteiger partial charge in [0.1, 0.15) is 35.7 Å². The van der Waals surface area contributed by atoms with Crippen LogP contribution in [0.15, 0.2) is 62.4 Å². The van der Waals surface area contributed by atoms with Crippen molar-refractivity contribution in [3.8, 4) is 17.2 Å². The van der Waals surface area contributed by atoms with E-state index in [1.165, 1.54) is 24.5 Å². The van der Waals surface area contributed by atoms with E-state index in [2.05, 4.69) is 4.98 Å². The molecule has 0 saturated carbocycles. The molecule has 0 atom stereocenters. The van der Waals surface area contributed by atoms with Gasteiger partial charge in [-0.2, -0.15) is 0 Å². The van der Waals surface area contributed by atoms with Gasteiger partial charge in [0.25, 0.3) is 0 Å². The average molecular weight is 386 g/mol. The minimum Gasteiger partial charge on any atom is -0.485 e. The number of fused-ring (bicyclic) bond motifs is 1. The first-order chi connectivity index (χ1) is 13.0. The van der Waals surface area contributed by atoms with Crippen molar-refractivity contribution in [1.29, 1.82) is 0 Å². The van der Waals surface area contributed by atoms with Crippen molar-refractivity contribution < 1.29 is 18.0 Å². The summed E-state index contributed by atoms with van der Waals surface area (Å²) in [5.74, 6) is 0.274. The number of ether oxygens (including phenoxy) is 1. The normalized spacial score (nSPS) is 11.1. The van der Waals surface area contributed by atoms with Gasteiger partial charge >= 0.3 is 5.63 Å². The lowest BCUT2D eigenvalue weighted by atomic mass is 10.1. The average Bonchev–Trinajstić information content (AvgIpc) is 3.10. The Bertz CT molecular complexity index is 1200. The summed E-state index contributed by atoms with van der Waals surface area (Å²) >= 11 is 6.27. The summed E-state index contributed by atoms with van der Waals surface area (Å²) in [6, 6.07) is 10.6. The van der Waals surface area contributed by atoms with Crippen molar-refractivity contribution in [2.45, 2.75) is 13.5 Å². The van der Waals surface area contributed by atoms with E-state index < -0.39 is 5.63 Å². The topological polar surface area (TPSA) is 65.5 Å². The lowest BCUT2D eigenvalue weighted by Crippen LogP contribution is -2.00. The molecule has 0 N–H and O–H groups in total. The van der Waals surface area contributed by atoms with Gasteiger partial charge in [-0.25, -0.2) is 14.2 Å². The number of aromatic nitrogens is 1. The Morgan fingerprint density at radius 2 is 2.07 bits per heavy atom. The summed E-state index contributed by atoms with van der Waals surface area (Å²) in [7, 11) is 0. The molecule has 0 amide bonds. The largest absolute Gasteiger partial charge is 0.485 e. The van der Waals surface area contributed by atoms with Crippen molar-refractivity contribution in [3.05, 3.63) is 81.2 Å². The fourth-order valence-electron chi connectivity index (χ4n) is 2.71. The van der Waals surface area contributed by atoms with Crippen LogP contribution >= 0.6 is 11.6 Å². The second-order valence-electron chi connectivity index (χ2n) is 5.97. The predicted molar refractivity (Wildman–Crippen MR) is 98.5 cm³/mol. The molecule has 0 unspecified atom stereocenters. The van der Waals surface area contributed by atoms with Crippen LogP contribution < -0.4 is 10.4 Å². The van der Waals surface area contributed by atoms with E-state index in [1.807, 2.05) is 0 Å². The number of benzene rings is 2. The summed E-state index contributed by atoms with van der Waals surface area (Å²) in [5.41, 5.74) is 1.76. The highest BCUT2D eigenvalue weighted by Gasteiger charge is 2.12. The van der Waals surface area contributed by atoms with Gasteiger partial charge in [-0.05, 0) is 36.8 Å². The Morgan fingerprint density at radius 1 is 1.22 bits per heavy atom. The van der Waals surface area contributed by atoms with Gasteiger partial charge in [-0.1, -0.05) is 17.7 Å². The molecule has 0 radical (unpaired) electrons. The van der Waals surface area contributed by atoms with Crippen LogP contribution in [0.2, 0.25) is 5.02 Å². The summed E-state index contributed by atoms with van der Waals surface area (Å²) in [5, 5.41) is 1.12. The fraction of sp³-hybridized carbons (Fsp3) is 0.100. The molecule has 4 rings (SSSR count). The summed E-state index contributed by atoms with van der Waals surface area (Å²) < 4.78 is 29.6. The van der Waals surface area contributed by atoms with E-state index in [0.717, 1.165) is 10.9 Å². The maximum absolute atomic E-state index is 13.3. The molecule has 0 aliphatic carbocycles. The number of aryl methyl sites for hydroxylation is 1. The fourth-order valence-corrected chi connectivity index (χ4v) is 2.93. The Balaban J connectivity index is 1.57. The Hall–Kier alpha value is -3.12. The molecule has 4 aromatic rings. The van der Waals surface area contributed by atoms with Crippen molar-refractivity contribution in [2.24, 2.45) is 0 Å². The van der Waals surface area contributed by atoms with Crippen LogP contribution in [0.5, 0.6) is 5.75 Å². The lowest BCUT2D eigenvalue weighted by molar-refractivity contribution is 0.301. The van der Waals surface area contributed by atoms with Crippen molar-refractivity contribution in [2.75, 3.05) is 0 Å². The van der Waals surface area contributed by atoms with E-state index >= 15 is 0 Å². The maximum Gasteiger partial charge on any atom is 0.336 e. The van der Waals surface area contributed by atoms with Crippen molar-refractivity contribution in [1.82, 2.24) is 4.98 Å². The highest BCUT2D eigenvalue weighted by atomic mass is 35.5. The number of nitrogens with zero attached hydrogens (tertiary/aromatic N) is 1. The quantitative estimate of drug-likeness (QED) is 0.456. The van der Waals surface area contributed by atoms with Gasteiger partial charge in [0.05, 0.1) is 5.02 Å². The van der Waals surface area contributed by atoms with Gasteiger partial charge < -0.3 is 13.6 Å². The van der Waals surface area contributed by atoms with E-state index in [9.17, 15) is 9.18 Å². The highest BCUT2D eigenvalue weighted by Crippen LogP contribution is 2.31. The van der Waals surface area contributed by atoms with Gasteiger partial charge in [0.2, 0.25) is 5.89 Å². The van der Waals surface area contributed by atoms with E-state index in [0.29, 0.717) is 33.5 Å². The SMILES string of the molecule is Cc1cc(=O)oc2cc(OCc3coc(-c4cccc(F)c4)n3)c(Cl)cc12.